The predicted molar refractivity (Wildman–Crippen MR) is 146 cm³/mol. The minimum atomic E-state index is -0.107. The van der Waals surface area contributed by atoms with E-state index in [4.69, 9.17) is 9.72 Å². The molecule has 0 bridgehead atoms. The minimum absolute atomic E-state index is 0.0809. The first-order valence-electron chi connectivity index (χ1n) is 12.5. The van der Waals surface area contributed by atoms with Crippen LogP contribution >= 0.6 is 0 Å². The van der Waals surface area contributed by atoms with Crippen molar-refractivity contribution in [3.63, 3.8) is 0 Å². The summed E-state index contributed by atoms with van der Waals surface area (Å²) in [5, 5.41) is 8.60. The lowest BCUT2D eigenvalue weighted by atomic mass is 9.93. The maximum atomic E-state index is 13.0. The first kappa shape index (κ1) is 25.1. The highest BCUT2D eigenvalue weighted by molar-refractivity contribution is 6.02. The summed E-state index contributed by atoms with van der Waals surface area (Å²) in [7, 11) is 5.10. The molecule has 0 saturated carbocycles. The van der Waals surface area contributed by atoms with Gasteiger partial charge in [0.2, 0.25) is 5.91 Å². The molecule has 0 unspecified atom stereocenters. The SMILES string of the molecule is COc1ccccc1-c1cc(C2=CCCN(C(=O)CCn3ccnn3)C2)cc2cc(C(=O)N(C)C)cnc12. The van der Waals surface area contributed by atoms with Crippen LogP contribution in [0.4, 0.5) is 0 Å². The number of hydrogen-bond acceptors (Lipinski definition) is 6. The molecule has 0 atom stereocenters. The second-order valence-corrected chi connectivity index (χ2v) is 9.47. The molecule has 1 aliphatic rings. The van der Waals surface area contributed by atoms with E-state index >= 15 is 0 Å². The number of pyridine rings is 1. The van der Waals surface area contributed by atoms with Crippen LogP contribution in [0.1, 0.15) is 28.8 Å². The van der Waals surface area contributed by atoms with Crippen molar-refractivity contribution in [2.75, 3.05) is 34.3 Å². The topological polar surface area (TPSA) is 93.4 Å². The lowest BCUT2D eigenvalue weighted by Crippen LogP contribution is -2.36. The van der Waals surface area contributed by atoms with E-state index in [1.54, 1.807) is 49.4 Å². The van der Waals surface area contributed by atoms with Crippen molar-refractivity contribution in [3.05, 3.63) is 78.3 Å². The van der Waals surface area contributed by atoms with Crippen LogP contribution < -0.4 is 4.74 Å². The molecule has 194 valence electrons. The predicted octanol–water partition coefficient (Wildman–Crippen LogP) is 3.91. The molecule has 0 fully saturated rings. The number of amides is 2. The molecule has 2 aromatic carbocycles. The fourth-order valence-electron chi connectivity index (χ4n) is 4.77. The average Bonchev–Trinajstić information content (AvgIpc) is 3.48. The molecule has 38 heavy (non-hydrogen) atoms. The summed E-state index contributed by atoms with van der Waals surface area (Å²) in [5.41, 5.74) is 5.18. The molecule has 0 spiro atoms. The normalized spacial score (nSPS) is 13.3. The summed E-state index contributed by atoms with van der Waals surface area (Å²) in [6.45, 7) is 1.68. The third-order valence-electron chi connectivity index (χ3n) is 6.73. The highest BCUT2D eigenvalue weighted by Gasteiger charge is 2.21. The van der Waals surface area contributed by atoms with Gasteiger partial charge in [0.1, 0.15) is 5.75 Å². The Labute approximate surface area is 221 Å². The van der Waals surface area contributed by atoms with Crippen molar-refractivity contribution >= 4 is 28.3 Å². The molecule has 0 aliphatic carbocycles. The summed E-state index contributed by atoms with van der Waals surface area (Å²) in [6.07, 6.45) is 8.31. The fraction of sp³-hybridized carbons (Fsp3) is 0.276. The van der Waals surface area contributed by atoms with E-state index < -0.39 is 0 Å². The third kappa shape index (κ3) is 5.13. The van der Waals surface area contributed by atoms with Crippen molar-refractivity contribution in [2.45, 2.75) is 19.4 Å². The molecule has 0 N–H and O–H groups in total. The molecule has 3 heterocycles. The summed E-state index contributed by atoms with van der Waals surface area (Å²) < 4.78 is 7.33. The van der Waals surface area contributed by atoms with Gasteiger partial charge in [0, 0.05) is 62.5 Å². The molecule has 0 saturated heterocycles. The van der Waals surface area contributed by atoms with Crippen LogP contribution in [0, 0.1) is 0 Å². The number of aryl methyl sites for hydroxylation is 1. The van der Waals surface area contributed by atoms with Gasteiger partial charge in [-0.15, -0.1) is 5.10 Å². The van der Waals surface area contributed by atoms with Gasteiger partial charge in [-0.3, -0.25) is 19.3 Å². The zero-order valence-electron chi connectivity index (χ0n) is 21.8. The number of fused-ring (bicyclic) bond motifs is 1. The standard InChI is InChI=1S/C29H30N6O3/c1-33(2)29(37)23-16-22-15-21(17-25(28(22)30-18-23)24-8-4-5-9-26(24)38-3)20-7-6-12-34(19-20)27(36)10-13-35-14-11-31-32-35/h4-5,7-9,11,14-18H,6,10,12-13,19H2,1-3H3. The number of ether oxygens (including phenoxy) is 1. The van der Waals surface area contributed by atoms with Crippen molar-refractivity contribution < 1.29 is 14.3 Å². The fourth-order valence-corrected chi connectivity index (χ4v) is 4.77. The third-order valence-corrected chi connectivity index (χ3v) is 6.73. The number of methoxy groups -OCH3 is 1. The van der Waals surface area contributed by atoms with Gasteiger partial charge in [0.25, 0.3) is 5.91 Å². The van der Waals surface area contributed by atoms with E-state index in [1.807, 2.05) is 35.2 Å². The van der Waals surface area contributed by atoms with Crippen LogP contribution in [0.3, 0.4) is 0 Å². The zero-order chi connectivity index (χ0) is 26.6. The van der Waals surface area contributed by atoms with Gasteiger partial charge >= 0.3 is 0 Å². The van der Waals surface area contributed by atoms with Gasteiger partial charge in [-0.05, 0) is 41.8 Å². The van der Waals surface area contributed by atoms with Crippen LogP contribution in [0.15, 0.2) is 67.1 Å². The number of hydrogen-bond donors (Lipinski definition) is 0. The van der Waals surface area contributed by atoms with Gasteiger partial charge in [0.15, 0.2) is 0 Å². The molecule has 9 heteroatoms. The van der Waals surface area contributed by atoms with Gasteiger partial charge in [-0.2, -0.15) is 0 Å². The lowest BCUT2D eigenvalue weighted by Gasteiger charge is -2.28. The molecule has 9 nitrogen and oxygen atoms in total. The maximum absolute atomic E-state index is 13.0. The number of benzene rings is 2. The van der Waals surface area contributed by atoms with Crippen molar-refractivity contribution in [1.82, 2.24) is 29.8 Å². The molecular weight excluding hydrogens is 480 g/mol. The summed E-state index contributed by atoms with van der Waals surface area (Å²) in [6, 6.07) is 13.9. The number of rotatable bonds is 7. The van der Waals surface area contributed by atoms with E-state index in [0.29, 0.717) is 31.6 Å². The number of carbonyl (C=O) groups excluding carboxylic acids is 2. The summed E-state index contributed by atoms with van der Waals surface area (Å²) in [5.74, 6) is 0.714. The minimum Gasteiger partial charge on any atom is -0.496 e. The summed E-state index contributed by atoms with van der Waals surface area (Å²) in [4.78, 5) is 33.8. The first-order chi connectivity index (χ1) is 18.4. The van der Waals surface area contributed by atoms with Crippen molar-refractivity contribution in [2.24, 2.45) is 0 Å². The lowest BCUT2D eigenvalue weighted by molar-refractivity contribution is -0.131. The zero-order valence-corrected chi connectivity index (χ0v) is 21.8. The van der Waals surface area contributed by atoms with Crippen molar-refractivity contribution in [1.29, 1.82) is 0 Å². The molecular formula is C29H30N6O3. The highest BCUT2D eigenvalue weighted by atomic mass is 16.5. The van der Waals surface area contributed by atoms with E-state index in [1.165, 1.54) is 0 Å². The van der Waals surface area contributed by atoms with Gasteiger partial charge in [0.05, 0.1) is 30.9 Å². The maximum Gasteiger partial charge on any atom is 0.254 e. The number of carbonyl (C=O) groups is 2. The highest BCUT2D eigenvalue weighted by Crippen LogP contribution is 2.37. The molecule has 5 rings (SSSR count). The Hall–Kier alpha value is -4.53. The van der Waals surface area contributed by atoms with Crippen LogP contribution in [0.25, 0.3) is 27.6 Å². The van der Waals surface area contributed by atoms with Crippen LogP contribution in [-0.4, -0.2) is 75.9 Å². The second-order valence-electron chi connectivity index (χ2n) is 9.47. The van der Waals surface area contributed by atoms with Crippen LogP contribution in [-0.2, 0) is 11.3 Å². The number of para-hydroxylation sites is 1. The number of nitrogens with zero attached hydrogens (tertiary/aromatic N) is 6. The van der Waals surface area contributed by atoms with E-state index in [9.17, 15) is 9.59 Å². The molecule has 0 radical (unpaired) electrons. The Morgan fingerprint density at radius 1 is 1.11 bits per heavy atom. The molecule has 2 aromatic heterocycles. The Balaban J connectivity index is 1.53. The van der Waals surface area contributed by atoms with E-state index in [0.717, 1.165) is 45.3 Å². The van der Waals surface area contributed by atoms with E-state index in [2.05, 4.69) is 28.5 Å². The van der Waals surface area contributed by atoms with Crippen LogP contribution in [0.2, 0.25) is 0 Å². The van der Waals surface area contributed by atoms with Crippen LogP contribution in [0.5, 0.6) is 5.75 Å². The van der Waals surface area contributed by atoms with Gasteiger partial charge in [-0.25, -0.2) is 0 Å². The van der Waals surface area contributed by atoms with Gasteiger partial charge < -0.3 is 14.5 Å². The first-order valence-corrected chi connectivity index (χ1v) is 12.5. The average molecular weight is 511 g/mol. The Bertz CT molecular complexity index is 1510. The molecule has 1 aliphatic heterocycles. The monoisotopic (exact) mass is 510 g/mol. The second kappa shape index (κ2) is 10.8. The molecule has 2 amide bonds. The smallest absolute Gasteiger partial charge is 0.254 e. The van der Waals surface area contributed by atoms with E-state index in [-0.39, 0.29) is 11.8 Å². The van der Waals surface area contributed by atoms with Crippen molar-refractivity contribution in [3.8, 4) is 16.9 Å². The van der Waals surface area contributed by atoms with Gasteiger partial charge in [-0.1, -0.05) is 29.5 Å². The largest absolute Gasteiger partial charge is 0.496 e. The Morgan fingerprint density at radius 2 is 1.95 bits per heavy atom. The Morgan fingerprint density at radius 3 is 2.71 bits per heavy atom. The summed E-state index contributed by atoms with van der Waals surface area (Å²) >= 11 is 0. The number of aromatic nitrogens is 4. The molecule has 4 aromatic rings. The Kier molecular flexibility index (Phi) is 7.17. The quantitative estimate of drug-likeness (QED) is 0.374.